The van der Waals surface area contributed by atoms with Gasteiger partial charge in [-0.15, -0.1) is 0 Å². The number of ether oxygens (including phenoxy) is 3. The molecule has 0 saturated heterocycles. The molecule has 0 bridgehead atoms. The van der Waals surface area contributed by atoms with Crippen LogP contribution in [-0.2, 0) is 6.54 Å². The molecule has 0 radical (unpaired) electrons. The Bertz CT molecular complexity index is 1400. The van der Waals surface area contributed by atoms with Crippen molar-refractivity contribution in [2.45, 2.75) is 25.9 Å². The molecule has 0 fully saturated rings. The van der Waals surface area contributed by atoms with E-state index in [1.54, 1.807) is 14.2 Å². The van der Waals surface area contributed by atoms with Gasteiger partial charge < -0.3 is 19.1 Å². The number of aromatic amines is 1. The van der Waals surface area contributed by atoms with Gasteiger partial charge in [-0.3, -0.25) is 9.89 Å². The van der Waals surface area contributed by atoms with Crippen molar-refractivity contribution in [2.75, 3.05) is 20.8 Å². The molecule has 2 heterocycles. The third-order valence-corrected chi connectivity index (χ3v) is 6.71. The first-order valence-electron chi connectivity index (χ1n) is 12.1. The van der Waals surface area contributed by atoms with E-state index in [0.29, 0.717) is 35.4 Å². The lowest BCUT2D eigenvalue weighted by molar-refractivity contribution is 0.0730. The van der Waals surface area contributed by atoms with Gasteiger partial charge in [0.1, 0.15) is 11.4 Å². The summed E-state index contributed by atoms with van der Waals surface area (Å²) < 4.78 is 16.9. The molecule has 8 heteroatoms. The molecule has 190 valence electrons. The van der Waals surface area contributed by atoms with Crippen molar-refractivity contribution in [2.24, 2.45) is 0 Å². The lowest BCUT2D eigenvalue weighted by atomic mass is 9.95. The highest BCUT2D eigenvalue weighted by molar-refractivity contribution is 6.30. The first-order valence-corrected chi connectivity index (χ1v) is 12.5. The van der Waals surface area contributed by atoms with Gasteiger partial charge in [-0.05, 0) is 66.1 Å². The zero-order valence-corrected chi connectivity index (χ0v) is 21.7. The van der Waals surface area contributed by atoms with Gasteiger partial charge in [-0.2, -0.15) is 5.10 Å². The second-order valence-corrected chi connectivity index (χ2v) is 9.25. The van der Waals surface area contributed by atoms with Crippen LogP contribution in [0.25, 0.3) is 11.3 Å². The zero-order chi connectivity index (χ0) is 25.9. The number of aromatic nitrogens is 2. The molecule has 1 unspecified atom stereocenters. The van der Waals surface area contributed by atoms with E-state index in [2.05, 4.69) is 17.1 Å². The molecule has 1 atom stereocenters. The van der Waals surface area contributed by atoms with E-state index in [1.807, 2.05) is 71.6 Å². The van der Waals surface area contributed by atoms with Crippen LogP contribution in [0.5, 0.6) is 17.2 Å². The molecule has 0 spiro atoms. The summed E-state index contributed by atoms with van der Waals surface area (Å²) in [4.78, 5) is 15.6. The number of nitrogens with one attached hydrogen (secondary N) is 1. The number of H-pyrrole nitrogens is 1. The minimum atomic E-state index is -0.386. The second-order valence-electron chi connectivity index (χ2n) is 8.81. The highest BCUT2D eigenvalue weighted by Crippen LogP contribution is 2.45. The van der Waals surface area contributed by atoms with E-state index < -0.39 is 0 Å². The van der Waals surface area contributed by atoms with Crippen LogP contribution in [-0.4, -0.2) is 41.8 Å². The van der Waals surface area contributed by atoms with Crippen molar-refractivity contribution in [3.8, 4) is 28.5 Å². The summed E-state index contributed by atoms with van der Waals surface area (Å²) in [7, 11) is 3.25. The van der Waals surface area contributed by atoms with Gasteiger partial charge in [0.05, 0.1) is 32.6 Å². The van der Waals surface area contributed by atoms with Crippen LogP contribution in [0.2, 0.25) is 5.02 Å². The van der Waals surface area contributed by atoms with Crippen molar-refractivity contribution in [3.63, 3.8) is 0 Å². The van der Waals surface area contributed by atoms with E-state index in [1.165, 1.54) is 0 Å². The first-order chi connectivity index (χ1) is 18.0. The summed E-state index contributed by atoms with van der Waals surface area (Å²) in [5.41, 5.74) is 4.79. The maximum absolute atomic E-state index is 13.7. The number of methoxy groups -OCH3 is 2. The maximum atomic E-state index is 13.7. The number of nitrogens with zero attached hydrogens (tertiary/aromatic N) is 2. The van der Waals surface area contributed by atoms with E-state index >= 15 is 0 Å². The van der Waals surface area contributed by atoms with Crippen molar-refractivity contribution >= 4 is 17.5 Å². The highest BCUT2D eigenvalue weighted by atomic mass is 35.5. The molecule has 1 aliphatic heterocycles. The molecule has 4 aromatic rings. The van der Waals surface area contributed by atoms with Gasteiger partial charge >= 0.3 is 0 Å². The molecule has 7 nitrogen and oxygen atoms in total. The van der Waals surface area contributed by atoms with Gasteiger partial charge in [0.15, 0.2) is 11.5 Å². The first kappa shape index (κ1) is 24.7. The van der Waals surface area contributed by atoms with Gasteiger partial charge in [-0.25, -0.2) is 0 Å². The quantitative estimate of drug-likeness (QED) is 0.282. The average molecular weight is 518 g/mol. The van der Waals surface area contributed by atoms with Crippen LogP contribution in [0, 0.1) is 0 Å². The second kappa shape index (κ2) is 10.6. The molecule has 1 amide bonds. The fraction of sp³-hybridized carbons (Fsp3) is 0.241. The summed E-state index contributed by atoms with van der Waals surface area (Å²) >= 11 is 6.10. The Labute approximate surface area is 220 Å². The molecular weight excluding hydrogens is 490 g/mol. The molecule has 5 rings (SSSR count). The number of benzene rings is 3. The molecule has 1 aliphatic rings. The SMILES string of the molecule is CCCOc1ccc(C2c3c(-c4ccc(OC)cc4)n[nH]c3C(=O)N2Cc2ccc(Cl)cc2)cc1OC. The Morgan fingerprint density at radius 3 is 2.41 bits per heavy atom. The normalized spacial score (nSPS) is 14.5. The van der Waals surface area contributed by atoms with Crippen molar-refractivity contribution in [1.82, 2.24) is 15.1 Å². The number of rotatable bonds is 9. The van der Waals surface area contributed by atoms with E-state index in [0.717, 1.165) is 40.1 Å². The van der Waals surface area contributed by atoms with Gasteiger partial charge in [0.2, 0.25) is 0 Å². The van der Waals surface area contributed by atoms with Gasteiger partial charge in [-0.1, -0.05) is 36.7 Å². The number of hydrogen-bond acceptors (Lipinski definition) is 5. The number of carbonyl (C=O) groups excluding carboxylic acids is 1. The molecule has 37 heavy (non-hydrogen) atoms. The summed E-state index contributed by atoms with van der Waals surface area (Å²) in [6.45, 7) is 3.05. The van der Waals surface area contributed by atoms with Crippen LogP contribution in [0.3, 0.4) is 0 Å². The largest absolute Gasteiger partial charge is 0.497 e. The molecule has 1 N–H and O–H groups in total. The summed E-state index contributed by atoms with van der Waals surface area (Å²) in [6, 6.07) is 20.6. The highest BCUT2D eigenvalue weighted by Gasteiger charge is 2.42. The number of amides is 1. The summed E-state index contributed by atoms with van der Waals surface area (Å²) in [5, 5.41) is 8.21. The molecule has 3 aromatic carbocycles. The molecular formula is C29H28ClN3O4. The lowest BCUT2D eigenvalue weighted by Crippen LogP contribution is -2.29. The van der Waals surface area contributed by atoms with Crippen LogP contribution in [0.4, 0.5) is 0 Å². The van der Waals surface area contributed by atoms with E-state index in [4.69, 9.17) is 25.8 Å². The molecule has 1 aromatic heterocycles. The lowest BCUT2D eigenvalue weighted by Gasteiger charge is -2.27. The standard InChI is InChI=1S/C29H28ClN3O4/c1-4-15-37-23-14-9-20(16-24(23)36-3)28-25-26(19-7-12-22(35-2)13-8-19)31-32-27(25)29(34)33(28)17-18-5-10-21(30)11-6-18/h5-14,16,28H,4,15,17H2,1-3H3,(H,31,32). The van der Waals surface area contributed by atoms with Crippen molar-refractivity contribution in [3.05, 3.63) is 94.1 Å². The molecule has 0 saturated carbocycles. The fourth-order valence-electron chi connectivity index (χ4n) is 4.65. The van der Waals surface area contributed by atoms with Crippen LogP contribution in [0.15, 0.2) is 66.7 Å². The van der Waals surface area contributed by atoms with E-state index in [9.17, 15) is 4.79 Å². The maximum Gasteiger partial charge on any atom is 0.273 e. The smallest absolute Gasteiger partial charge is 0.273 e. The average Bonchev–Trinajstić information content (AvgIpc) is 3.47. The Morgan fingerprint density at radius 1 is 0.973 bits per heavy atom. The Balaban J connectivity index is 1.61. The van der Waals surface area contributed by atoms with Crippen molar-refractivity contribution < 1.29 is 19.0 Å². The van der Waals surface area contributed by atoms with Gasteiger partial charge in [0, 0.05) is 22.7 Å². The third-order valence-electron chi connectivity index (χ3n) is 6.46. The Morgan fingerprint density at radius 2 is 1.73 bits per heavy atom. The predicted molar refractivity (Wildman–Crippen MR) is 143 cm³/mol. The molecule has 0 aliphatic carbocycles. The number of fused-ring (bicyclic) bond motifs is 1. The fourth-order valence-corrected chi connectivity index (χ4v) is 4.77. The number of halogens is 1. The Hall–Kier alpha value is -3.97. The minimum absolute atomic E-state index is 0.118. The third kappa shape index (κ3) is 4.74. The summed E-state index contributed by atoms with van der Waals surface area (Å²) in [6.07, 6.45) is 0.889. The zero-order valence-electron chi connectivity index (χ0n) is 21.0. The number of carbonyl (C=O) groups is 1. The minimum Gasteiger partial charge on any atom is -0.497 e. The summed E-state index contributed by atoms with van der Waals surface area (Å²) in [5.74, 6) is 1.92. The predicted octanol–water partition coefficient (Wildman–Crippen LogP) is 6.28. The van der Waals surface area contributed by atoms with Crippen molar-refractivity contribution in [1.29, 1.82) is 0 Å². The topological polar surface area (TPSA) is 76.7 Å². The van der Waals surface area contributed by atoms with Crippen LogP contribution in [0.1, 0.15) is 46.6 Å². The van der Waals surface area contributed by atoms with Gasteiger partial charge in [0.25, 0.3) is 5.91 Å². The number of hydrogen-bond donors (Lipinski definition) is 1. The van der Waals surface area contributed by atoms with E-state index in [-0.39, 0.29) is 11.9 Å². The van der Waals surface area contributed by atoms with Crippen LogP contribution >= 0.6 is 11.6 Å². The Kier molecular flexibility index (Phi) is 7.06. The van der Waals surface area contributed by atoms with Crippen LogP contribution < -0.4 is 14.2 Å². The monoisotopic (exact) mass is 517 g/mol.